The third kappa shape index (κ3) is 6.83. The molecule has 0 N–H and O–H groups in total. The van der Waals surface area contributed by atoms with Gasteiger partial charge in [0.05, 0.1) is 22.8 Å². The number of ether oxygens (including phenoxy) is 2. The SMILES string of the molecule is CC(C)(C)OC(=O)N(C1CC1)[C@H]1CCCN(c2ccnc3c2c(-c2ccncn2)cn3COCC[Si](C)(C)C)C1. The molecule has 9 nitrogen and oxygen atoms in total. The molecule has 0 bridgehead atoms. The third-order valence-electron chi connectivity index (χ3n) is 7.50. The van der Waals surface area contributed by atoms with Crippen molar-refractivity contribution >= 4 is 30.9 Å². The van der Waals surface area contributed by atoms with Crippen molar-refractivity contribution in [2.75, 3.05) is 24.6 Å². The summed E-state index contributed by atoms with van der Waals surface area (Å²) in [6.07, 6.45) is 11.2. The van der Waals surface area contributed by atoms with E-state index in [0.29, 0.717) is 6.73 Å². The maximum Gasteiger partial charge on any atom is 0.410 e. The number of aromatic nitrogens is 4. The number of pyridine rings is 1. The van der Waals surface area contributed by atoms with Crippen molar-refractivity contribution in [1.29, 1.82) is 0 Å². The van der Waals surface area contributed by atoms with Crippen LogP contribution in [0.4, 0.5) is 10.5 Å². The highest BCUT2D eigenvalue weighted by atomic mass is 28.3. The van der Waals surface area contributed by atoms with Gasteiger partial charge in [0, 0.05) is 58.0 Å². The zero-order chi connectivity index (χ0) is 28.5. The summed E-state index contributed by atoms with van der Waals surface area (Å²) in [4.78, 5) is 31.2. The second-order valence-corrected chi connectivity index (χ2v) is 19.0. The minimum absolute atomic E-state index is 0.105. The fraction of sp³-hybridized carbons (Fsp3) is 0.600. The molecule has 10 heteroatoms. The summed E-state index contributed by atoms with van der Waals surface area (Å²) in [5.74, 6) is 0. The summed E-state index contributed by atoms with van der Waals surface area (Å²) < 4.78 is 14.1. The number of hydrogen-bond acceptors (Lipinski definition) is 7. The van der Waals surface area contributed by atoms with Crippen LogP contribution in [0.1, 0.15) is 46.5 Å². The van der Waals surface area contributed by atoms with Gasteiger partial charge in [-0.05, 0) is 64.6 Å². The van der Waals surface area contributed by atoms with Crippen molar-refractivity contribution in [3.63, 3.8) is 0 Å². The number of amides is 1. The maximum absolute atomic E-state index is 13.3. The molecular formula is C30H44N6O3Si. The topological polar surface area (TPSA) is 85.6 Å². The van der Waals surface area contributed by atoms with Gasteiger partial charge < -0.3 is 23.8 Å². The summed E-state index contributed by atoms with van der Waals surface area (Å²) in [5, 5.41) is 1.06. The molecule has 1 saturated heterocycles. The number of carbonyl (C=O) groups is 1. The van der Waals surface area contributed by atoms with E-state index in [1.54, 1.807) is 12.5 Å². The van der Waals surface area contributed by atoms with E-state index in [4.69, 9.17) is 14.5 Å². The summed E-state index contributed by atoms with van der Waals surface area (Å²) >= 11 is 0. The van der Waals surface area contributed by atoms with E-state index >= 15 is 0 Å². The second-order valence-electron chi connectivity index (χ2n) is 13.3. The van der Waals surface area contributed by atoms with Crippen molar-refractivity contribution in [3.8, 4) is 11.3 Å². The first-order valence-electron chi connectivity index (χ1n) is 14.6. The molecule has 2 aliphatic rings. The zero-order valence-electron chi connectivity index (χ0n) is 24.9. The van der Waals surface area contributed by atoms with Gasteiger partial charge in [-0.25, -0.2) is 19.7 Å². The first-order chi connectivity index (χ1) is 19.0. The van der Waals surface area contributed by atoms with Gasteiger partial charge in [0.2, 0.25) is 0 Å². The van der Waals surface area contributed by atoms with Crippen LogP contribution in [0, 0.1) is 0 Å². The molecule has 216 valence electrons. The molecule has 3 aromatic rings. The van der Waals surface area contributed by atoms with Crippen LogP contribution in [-0.2, 0) is 16.2 Å². The van der Waals surface area contributed by atoms with Crippen LogP contribution in [0.15, 0.2) is 37.1 Å². The van der Waals surface area contributed by atoms with Crippen molar-refractivity contribution in [1.82, 2.24) is 24.4 Å². The van der Waals surface area contributed by atoms with Crippen LogP contribution in [0.3, 0.4) is 0 Å². The standard InChI is InChI=1S/C30H44N6O3Si/c1-30(2,3)39-29(37)36(22-9-10-22)23-8-7-15-34(18-23)26-12-14-32-28-27(26)24(25-11-13-31-20-33-25)19-35(28)21-38-16-17-40(4,5)6/h11-14,19-20,22-23H,7-10,15-18,21H2,1-6H3/t23-/m0/s1. The summed E-state index contributed by atoms with van der Waals surface area (Å²) in [6, 6.07) is 5.55. The quantitative estimate of drug-likeness (QED) is 0.227. The Bertz CT molecular complexity index is 1310. The lowest BCUT2D eigenvalue weighted by atomic mass is 10.0. The average Bonchev–Trinajstić information content (AvgIpc) is 3.65. The van der Waals surface area contributed by atoms with Gasteiger partial charge in [-0.3, -0.25) is 0 Å². The molecule has 0 radical (unpaired) electrons. The van der Waals surface area contributed by atoms with Gasteiger partial charge in [-0.2, -0.15) is 0 Å². The first-order valence-corrected chi connectivity index (χ1v) is 18.3. The van der Waals surface area contributed by atoms with Gasteiger partial charge in [0.25, 0.3) is 0 Å². The van der Waals surface area contributed by atoms with E-state index in [9.17, 15) is 4.79 Å². The van der Waals surface area contributed by atoms with Crippen LogP contribution in [0.2, 0.25) is 25.7 Å². The van der Waals surface area contributed by atoms with E-state index in [0.717, 1.165) is 79.4 Å². The molecule has 3 aromatic heterocycles. The predicted octanol–water partition coefficient (Wildman–Crippen LogP) is 6.17. The van der Waals surface area contributed by atoms with Crippen LogP contribution in [0.25, 0.3) is 22.3 Å². The van der Waals surface area contributed by atoms with Gasteiger partial charge >= 0.3 is 6.09 Å². The monoisotopic (exact) mass is 564 g/mol. The second kappa shape index (κ2) is 11.5. The van der Waals surface area contributed by atoms with Crippen molar-refractivity contribution in [2.24, 2.45) is 0 Å². The highest BCUT2D eigenvalue weighted by Gasteiger charge is 2.41. The predicted molar refractivity (Wildman–Crippen MR) is 161 cm³/mol. The molecule has 0 aromatic carbocycles. The number of hydrogen-bond donors (Lipinski definition) is 0. The Morgan fingerprint density at radius 1 is 1.10 bits per heavy atom. The lowest BCUT2D eigenvalue weighted by molar-refractivity contribution is 0.0125. The normalized spacial score (nSPS) is 18.2. The molecule has 1 atom stereocenters. The summed E-state index contributed by atoms with van der Waals surface area (Å²) in [5.41, 5.74) is 3.36. The van der Waals surface area contributed by atoms with Gasteiger partial charge in [-0.15, -0.1) is 0 Å². The fourth-order valence-electron chi connectivity index (χ4n) is 5.41. The zero-order valence-corrected chi connectivity index (χ0v) is 25.9. The van der Waals surface area contributed by atoms with Crippen LogP contribution < -0.4 is 4.90 Å². The molecule has 1 amide bonds. The Labute approximate surface area is 238 Å². The van der Waals surface area contributed by atoms with Crippen LogP contribution >= 0.6 is 0 Å². The molecule has 40 heavy (non-hydrogen) atoms. The average molecular weight is 565 g/mol. The first kappa shape index (κ1) is 28.5. The Balaban J connectivity index is 1.46. The maximum atomic E-state index is 13.3. The van der Waals surface area contributed by atoms with Crippen molar-refractivity contribution in [3.05, 3.63) is 37.1 Å². The van der Waals surface area contributed by atoms with Crippen molar-refractivity contribution in [2.45, 2.75) is 96.6 Å². The smallest absolute Gasteiger partial charge is 0.410 e. The Morgan fingerprint density at radius 2 is 1.90 bits per heavy atom. The van der Waals surface area contributed by atoms with E-state index in [-0.39, 0.29) is 18.2 Å². The Hall–Kier alpha value is -2.98. The molecule has 4 heterocycles. The fourth-order valence-corrected chi connectivity index (χ4v) is 6.17. The highest BCUT2D eigenvalue weighted by Crippen LogP contribution is 2.38. The molecule has 1 saturated carbocycles. The number of piperidine rings is 1. The lowest BCUT2D eigenvalue weighted by Crippen LogP contribution is -2.52. The molecule has 0 spiro atoms. The highest BCUT2D eigenvalue weighted by molar-refractivity contribution is 6.76. The third-order valence-corrected chi connectivity index (χ3v) is 9.20. The largest absolute Gasteiger partial charge is 0.444 e. The number of rotatable bonds is 9. The number of carbonyl (C=O) groups excluding carboxylic acids is 1. The van der Waals surface area contributed by atoms with E-state index in [2.05, 4.69) is 51.3 Å². The minimum atomic E-state index is -1.18. The summed E-state index contributed by atoms with van der Waals surface area (Å²) in [7, 11) is -1.18. The van der Waals surface area contributed by atoms with Crippen LogP contribution in [0.5, 0.6) is 0 Å². The molecule has 2 fully saturated rings. The Kier molecular flexibility index (Phi) is 8.19. The van der Waals surface area contributed by atoms with Crippen molar-refractivity contribution < 1.29 is 14.3 Å². The molecule has 1 aliphatic carbocycles. The van der Waals surface area contributed by atoms with Gasteiger partial charge in [-0.1, -0.05) is 19.6 Å². The van der Waals surface area contributed by atoms with Crippen LogP contribution in [-0.4, -0.2) is 76.0 Å². The van der Waals surface area contributed by atoms with E-state index in [1.165, 1.54) is 0 Å². The van der Waals surface area contributed by atoms with Gasteiger partial charge in [0.1, 0.15) is 24.3 Å². The van der Waals surface area contributed by atoms with E-state index < -0.39 is 13.7 Å². The lowest BCUT2D eigenvalue weighted by Gasteiger charge is -2.41. The number of anilines is 1. The van der Waals surface area contributed by atoms with Gasteiger partial charge in [0.15, 0.2) is 0 Å². The summed E-state index contributed by atoms with van der Waals surface area (Å²) in [6.45, 7) is 15.8. The molecular weight excluding hydrogens is 520 g/mol. The number of fused-ring (bicyclic) bond motifs is 1. The Morgan fingerprint density at radius 3 is 2.58 bits per heavy atom. The number of nitrogens with zero attached hydrogens (tertiary/aromatic N) is 6. The molecule has 5 rings (SSSR count). The van der Waals surface area contributed by atoms with E-state index in [1.807, 2.05) is 37.9 Å². The molecule has 0 unspecified atom stereocenters. The molecule has 1 aliphatic heterocycles. The minimum Gasteiger partial charge on any atom is -0.444 e.